The maximum Gasteiger partial charge on any atom is 0.251 e. The first-order chi connectivity index (χ1) is 12.1. The topological polar surface area (TPSA) is 80.1 Å². The van der Waals surface area contributed by atoms with Gasteiger partial charge in [0.1, 0.15) is 18.5 Å². The molecule has 0 spiro atoms. The number of aromatic nitrogens is 3. The second kappa shape index (κ2) is 7.87. The van der Waals surface area contributed by atoms with Crippen molar-refractivity contribution in [2.45, 2.75) is 31.8 Å². The van der Waals surface area contributed by atoms with E-state index in [1.54, 1.807) is 11.0 Å². The van der Waals surface area contributed by atoms with Crippen LogP contribution in [-0.2, 0) is 11.3 Å². The van der Waals surface area contributed by atoms with Crippen LogP contribution in [0.5, 0.6) is 0 Å². The summed E-state index contributed by atoms with van der Waals surface area (Å²) in [6.07, 6.45) is 4.84. The Bertz CT molecular complexity index is 709. The highest BCUT2D eigenvalue weighted by Gasteiger charge is 2.24. The standard InChI is InChI=1S/C17H20FN5O2/c18-14-3-1-13(2-4-14)17(25)21-15-5-8-22(9-6-15)16(24)7-10-23-12-19-11-20-23/h1-4,11-12,15H,5-10H2,(H,21,25). The van der Waals surface area contributed by atoms with Crippen LogP contribution in [0, 0.1) is 5.82 Å². The summed E-state index contributed by atoms with van der Waals surface area (Å²) in [5.74, 6) is -0.496. The van der Waals surface area contributed by atoms with Crippen molar-refractivity contribution in [3.8, 4) is 0 Å². The van der Waals surface area contributed by atoms with Crippen LogP contribution in [-0.4, -0.2) is 50.6 Å². The number of likely N-dealkylation sites (tertiary alicyclic amines) is 1. The fourth-order valence-corrected chi connectivity index (χ4v) is 2.86. The van der Waals surface area contributed by atoms with E-state index in [4.69, 9.17) is 0 Å². The largest absolute Gasteiger partial charge is 0.349 e. The summed E-state index contributed by atoms with van der Waals surface area (Å²) in [6, 6.07) is 5.49. The minimum absolute atomic E-state index is 0.0249. The molecule has 0 radical (unpaired) electrons. The van der Waals surface area contributed by atoms with Gasteiger partial charge in [0.15, 0.2) is 0 Å². The van der Waals surface area contributed by atoms with E-state index >= 15 is 0 Å². The van der Waals surface area contributed by atoms with E-state index in [1.165, 1.54) is 30.6 Å². The first-order valence-corrected chi connectivity index (χ1v) is 8.28. The number of benzene rings is 1. The molecular weight excluding hydrogens is 325 g/mol. The van der Waals surface area contributed by atoms with Crippen LogP contribution in [0.25, 0.3) is 0 Å². The van der Waals surface area contributed by atoms with Crippen LogP contribution < -0.4 is 5.32 Å². The quantitative estimate of drug-likeness (QED) is 0.884. The summed E-state index contributed by atoms with van der Waals surface area (Å²) < 4.78 is 14.5. The highest BCUT2D eigenvalue weighted by molar-refractivity contribution is 5.94. The fourth-order valence-electron chi connectivity index (χ4n) is 2.86. The van der Waals surface area contributed by atoms with E-state index in [2.05, 4.69) is 15.4 Å². The Morgan fingerprint density at radius 1 is 1.20 bits per heavy atom. The molecule has 1 saturated heterocycles. The van der Waals surface area contributed by atoms with Gasteiger partial charge in [0.25, 0.3) is 5.91 Å². The zero-order chi connectivity index (χ0) is 17.6. The summed E-state index contributed by atoms with van der Waals surface area (Å²) in [6.45, 7) is 1.75. The Labute approximate surface area is 144 Å². The van der Waals surface area contributed by atoms with Gasteiger partial charge in [-0.2, -0.15) is 5.10 Å². The molecular formula is C17H20FN5O2. The zero-order valence-electron chi connectivity index (χ0n) is 13.8. The minimum atomic E-state index is -0.366. The van der Waals surface area contributed by atoms with Crippen molar-refractivity contribution in [2.75, 3.05) is 13.1 Å². The van der Waals surface area contributed by atoms with Gasteiger partial charge in [-0.1, -0.05) is 0 Å². The van der Waals surface area contributed by atoms with Crippen molar-refractivity contribution in [3.63, 3.8) is 0 Å². The Balaban J connectivity index is 1.42. The van der Waals surface area contributed by atoms with Crippen LogP contribution in [0.4, 0.5) is 4.39 Å². The van der Waals surface area contributed by atoms with Crippen LogP contribution in [0.3, 0.4) is 0 Å². The molecule has 8 heteroatoms. The predicted octanol–water partition coefficient (Wildman–Crippen LogP) is 1.23. The third-order valence-electron chi connectivity index (χ3n) is 4.31. The molecule has 7 nitrogen and oxygen atoms in total. The van der Waals surface area contributed by atoms with E-state index < -0.39 is 0 Å². The molecule has 1 N–H and O–H groups in total. The summed E-state index contributed by atoms with van der Waals surface area (Å²) >= 11 is 0. The van der Waals surface area contributed by atoms with Gasteiger partial charge >= 0.3 is 0 Å². The van der Waals surface area contributed by atoms with Gasteiger partial charge in [-0.05, 0) is 37.1 Å². The number of aryl methyl sites for hydroxylation is 1. The van der Waals surface area contributed by atoms with Crippen molar-refractivity contribution >= 4 is 11.8 Å². The number of halogens is 1. The molecule has 2 heterocycles. The molecule has 2 amide bonds. The number of carbonyl (C=O) groups is 2. The van der Waals surface area contributed by atoms with Crippen LogP contribution in [0.1, 0.15) is 29.6 Å². The Hall–Kier alpha value is -2.77. The minimum Gasteiger partial charge on any atom is -0.349 e. The number of piperidine rings is 1. The van der Waals surface area contributed by atoms with E-state index in [1.807, 2.05) is 4.90 Å². The van der Waals surface area contributed by atoms with Crippen LogP contribution in [0.2, 0.25) is 0 Å². The maximum atomic E-state index is 12.9. The highest BCUT2D eigenvalue weighted by Crippen LogP contribution is 2.13. The molecule has 132 valence electrons. The van der Waals surface area contributed by atoms with Gasteiger partial charge in [-0.25, -0.2) is 9.37 Å². The molecule has 1 aliphatic heterocycles. The molecule has 1 aromatic heterocycles. The summed E-state index contributed by atoms with van der Waals surface area (Å²) in [4.78, 5) is 30.0. The van der Waals surface area contributed by atoms with Gasteiger partial charge < -0.3 is 10.2 Å². The number of nitrogens with zero attached hydrogens (tertiary/aromatic N) is 4. The molecule has 0 bridgehead atoms. The number of amides is 2. The highest BCUT2D eigenvalue weighted by atomic mass is 19.1. The van der Waals surface area contributed by atoms with E-state index in [0.717, 1.165) is 0 Å². The van der Waals surface area contributed by atoms with E-state index in [0.29, 0.717) is 44.5 Å². The van der Waals surface area contributed by atoms with E-state index in [9.17, 15) is 14.0 Å². The average Bonchev–Trinajstić information content (AvgIpc) is 3.14. The average molecular weight is 345 g/mol. The third kappa shape index (κ3) is 4.62. The van der Waals surface area contributed by atoms with Gasteiger partial charge in [0.2, 0.25) is 5.91 Å². The molecule has 0 aliphatic carbocycles. The molecule has 0 atom stereocenters. The lowest BCUT2D eigenvalue weighted by atomic mass is 10.0. The molecule has 1 aromatic carbocycles. The molecule has 25 heavy (non-hydrogen) atoms. The lowest BCUT2D eigenvalue weighted by Gasteiger charge is -2.32. The third-order valence-corrected chi connectivity index (χ3v) is 4.31. The molecule has 2 aromatic rings. The first-order valence-electron chi connectivity index (χ1n) is 8.28. The molecule has 3 rings (SSSR count). The Kier molecular flexibility index (Phi) is 5.37. The second-order valence-electron chi connectivity index (χ2n) is 6.04. The number of carbonyl (C=O) groups excluding carboxylic acids is 2. The Morgan fingerprint density at radius 3 is 2.56 bits per heavy atom. The first kappa shape index (κ1) is 17.1. The lowest BCUT2D eigenvalue weighted by molar-refractivity contribution is -0.132. The second-order valence-corrected chi connectivity index (χ2v) is 6.04. The number of rotatable bonds is 5. The van der Waals surface area contributed by atoms with E-state index in [-0.39, 0.29) is 23.7 Å². The molecule has 1 fully saturated rings. The monoisotopic (exact) mass is 345 g/mol. The van der Waals surface area contributed by atoms with Crippen molar-refractivity contribution in [1.82, 2.24) is 25.0 Å². The van der Waals surface area contributed by atoms with Crippen molar-refractivity contribution in [2.24, 2.45) is 0 Å². The smallest absolute Gasteiger partial charge is 0.251 e. The van der Waals surface area contributed by atoms with Crippen LogP contribution in [0.15, 0.2) is 36.9 Å². The van der Waals surface area contributed by atoms with Gasteiger partial charge in [-0.3, -0.25) is 14.3 Å². The van der Waals surface area contributed by atoms with Gasteiger partial charge in [0, 0.05) is 31.1 Å². The summed E-state index contributed by atoms with van der Waals surface area (Å²) in [7, 11) is 0. The maximum absolute atomic E-state index is 12.9. The molecule has 0 saturated carbocycles. The van der Waals surface area contributed by atoms with Gasteiger partial charge in [0.05, 0.1) is 6.54 Å². The van der Waals surface area contributed by atoms with Crippen molar-refractivity contribution < 1.29 is 14.0 Å². The number of nitrogens with one attached hydrogen (secondary N) is 1. The fraction of sp³-hybridized carbons (Fsp3) is 0.412. The zero-order valence-corrected chi connectivity index (χ0v) is 13.8. The molecule has 0 unspecified atom stereocenters. The number of hydrogen-bond acceptors (Lipinski definition) is 4. The Morgan fingerprint density at radius 2 is 1.92 bits per heavy atom. The van der Waals surface area contributed by atoms with Crippen LogP contribution >= 0.6 is 0 Å². The van der Waals surface area contributed by atoms with Crippen molar-refractivity contribution in [3.05, 3.63) is 48.3 Å². The lowest BCUT2D eigenvalue weighted by Crippen LogP contribution is -2.46. The molecule has 1 aliphatic rings. The van der Waals surface area contributed by atoms with Gasteiger partial charge in [-0.15, -0.1) is 0 Å². The number of hydrogen-bond donors (Lipinski definition) is 1. The van der Waals surface area contributed by atoms with Crippen molar-refractivity contribution in [1.29, 1.82) is 0 Å². The normalized spacial score (nSPS) is 15.2. The predicted molar refractivity (Wildman–Crippen MR) is 88.1 cm³/mol. The summed E-state index contributed by atoms with van der Waals surface area (Å²) in [5, 5.41) is 6.92. The summed E-state index contributed by atoms with van der Waals surface area (Å²) in [5.41, 5.74) is 0.438. The SMILES string of the molecule is O=C(NC1CCN(C(=O)CCn2cncn2)CC1)c1ccc(F)cc1.